The first kappa shape index (κ1) is 48.6. The lowest BCUT2D eigenvalue weighted by atomic mass is 9.74. The Bertz CT molecular complexity index is 1840. The Labute approximate surface area is 367 Å². The standard InChI is InChI=1S/C43H66IN5O11/c1-22-17-42(7,56-11)38(59-40-36(54)30(47(9)10)16-23(2)58-40)25(4)35(53)26(5)39(55)60-41(44)43(8,57-12)37(24(3)34(22)52)49(21-50)28-19-48(20-28)27(6)32-31(51)18-46-29-14-13-15-45-33(29)32/h13-15,18,22-28,30,36-38,40-41,50-51,54H,16-17,19-21H2,1-12H3/t22-,23-,24+,25+,26-,27?,30+,36-,37+,38-,40+,41+,42-,43+/m1/s1. The van der Waals surface area contributed by atoms with E-state index < -0.39 is 82.0 Å². The van der Waals surface area contributed by atoms with Gasteiger partial charge in [-0.2, -0.15) is 0 Å². The maximum atomic E-state index is 14.9. The lowest BCUT2D eigenvalue weighted by Gasteiger charge is -2.55. The van der Waals surface area contributed by atoms with E-state index in [1.807, 2.05) is 73.3 Å². The number of aromatic hydroxyl groups is 1. The van der Waals surface area contributed by atoms with Crippen molar-refractivity contribution in [2.45, 2.75) is 132 Å². The van der Waals surface area contributed by atoms with Crippen LogP contribution in [0.3, 0.4) is 0 Å². The topological polar surface area (TPSA) is 194 Å². The number of Topliss-reactive ketones (excluding diaryl/α,β-unsaturated/α-hetero) is 2. The van der Waals surface area contributed by atoms with Crippen molar-refractivity contribution in [3.63, 3.8) is 0 Å². The predicted octanol–water partition coefficient (Wildman–Crippen LogP) is 3.71. The Hall–Kier alpha value is -2.46. The number of aliphatic hydroxyl groups excluding tert-OH is 2. The largest absolute Gasteiger partial charge is 0.506 e. The summed E-state index contributed by atoms with van der Waals surface area (Å²) < 4.78 is 30.3. The molecule has 3 N–H and O–H groups in total. The maximum Gasteiger partial charge on any atom is 0.317 e. The molecule has 0 amide bonds. The number of aromatic nitrogens is 2. The third-order valence-corrected chi connectivity index (χ3v) is 15.1. The van der Waals surface area contributed by atoms with Crippen molar-refractivity contribution in [3.05, 3.63) is 30.1 Å². The molecule has 60 heavy (non-hydrogen) atoms. The minimum absolute atomic E-state index is 0.0319. The molecule has 5 heterocycles. The fourth-order valence-corrected chi connectivity index (χ4v) is 10.6. The normalized spacial score (nSPS) is 37.5. The molecule has 5 rings (SSSR count). The summed E-state index contributed by atoms with van der Waals surface area (Å²) in [6, 6.07) is 1.96. The fraction of sp³-hybridized carbons (Fsp3) is 0.744. The van der Waals surface area contributed by atoms with Crippen molar-refractivity contribution < 1.29 is 53.4 Å². The van der Waals surface area contributed by atoms with E-state index in [2.05, 4.69) is 14.9 Å². The highest BCUT2D eigenvalue weighted by Gasteiger charge is 2.56. The summed E-state index contributed by atoms with van der Waals surface area (Å²) in [4.78, 5) is 58.0. The van der Waals surface area contributed by atoms with Crippen molar-refractivity contribution in [3.8, 4) is 5.75 Å². The number of alkyl halides is 1. The molecule has 16 nitrogen and oxygen atoms in total. The number of likely N-dealkylation sites (tertiary alicyclic amines) is 1. The number of rotatable bonds is 10. The minimum atomic E-state index is -1.37. The number of esters is 1. The van der Waals surface area contributed by atoms with Gasteiger partial charge < -0.3 is 43.9 Å². The number of methoxy groups -OCH3 is 2. The highest BCUT2D eigenvalue weighted by Crippen LogP contribution is 2.43. The van der Waals surface area contributed by atoms with Crippen LogP contribution in [0.25, 0.3) is 11.0 Å². The number of halogens is 1. The zero-order valence-electron chi connectivity index (χ0n) is 37.1. The molecule has 17 heteroatoms. The molecule has 0 bridgehead atoms. The average Bonchev–Trinajstić information content (AvgIpc) is 3.20. The lowest BCUT2D eigenvalue weighted by Crippen LogP contribution is -2.70. The van der Waals surface area contributed by atoms with Crippen molar-refractivity contribution >= 4 is 51.2 Å². The second-order valence-electron chi connectivity index (χ2n) is 17.8. The van der Waals surface area contributed by atoms with E-state index in [-0.39, 0.29) is 42.2 Å². The molecule has 14 atom stereocenters. The number of likely N-dealkylation sites (N-methyl/N-ethyl adjacent to an activating group) is 1. The zero-order chi connectivity index (χ0) is 44.6. The van der Waals surface area contributed by atoms with Gasteiger partial charge in [0, 0.05) is 74.9 Å². The van der Waals surface area contributed by atoms with E-state index in [0.717, 1.165) is 0 Å². The van der Waals surface area contributed by atoms with E-state index in [4.69, 9.17) is 23.7 Å². The first-order valence-corrected chi connectivity index (χ1v) is 22.1. The number of ether oxygens (including phenoxy) is 5. The molecule has 1 unspecified atom stereocenters. The van der Waals surface area contributed by atoms with Crippen LogP contribution in [-0.4, -0.2) is 164 Å². The third kappa shape index (κ3) is 9.40. The first-order valence-electron chi connectivity index (χ1n) is 20.9. The monoisotopic (exact) mass is 955 g/mol. The average molecular weight is 956 g/mol. The number of hydrogen-bond donors (Lipinski definition) is 3. The van der Waals surface area contributed by atoms with Crippen LogP contribution in [0, 0.1) is 23.7 Å². The van der Waals surface area contributed by atoms with E-state index >= 15 is 0 Å². The summed E-state index contributed by atoms with van der Waals surface area (Å²) in [5.74, 6) is -5.05. The molecular weight excluding hydrogens is 889 g/mol. The predicted molar refractivity (Wildman–Crippen MR) is 231 cm³/mol. The van der Waals surface area contributed by atoms with Crippen LogP contribution in [0.15, 0.2) is 24.5 Å². The van der Waals surface area contributed by atoms with Gasteiger partial charge in [0.25, 0.3) is 0 Å². The van der Waals surface area contributed by atoms with E-state index in [9.17, 15) is 29.7 Å². The summed E-state index contributed by atoms with van der Waals surface area (Å²) in [5, 5.41) is 33.6. The molecule has 336 valence electrons. The second-order valence-corrected chi connectivity index (χ2v) is 18.9. The van der Waals surface area contributed by atoms with Crippen molar-refractivity contribution in [1.82, 2.24) is 24.7 Å². The number of pyridine rings is 2. The number of nitrogens with zero attached hydrogens (tertiary/aromatic N) is 5. The number of fused-ring (bicyclic) bond motifs is 1. The maximum absolute atomic E-state index is 14.9. The van der Waals surface area contributed by atoms with Crippen molar-refractivity contribution in [1.29, 1.82) is 0 Å². The number of aliphatic hydroxyl groups is 2. The fourth-order valence-electron chi connectivity index (χ4n) is 9.73. The Balaban J connectivity index is 1.51. The van der Waals surface area contributed by atoms with E-state index in [1.54, 1.807) is 40.0 Å². The van der Waals surface area contributed by atoms with Gasteiger partial charge in [-0.3, -0.25) is 34.2 Å². The summed E-state index contributed by atoms with van der Waals surface area (Å²) in [6.45, 7) is 14.6. The zero-order valence-corrected chi connectivity index (χ0v) is 39.2. The molecule has 2 aromatic heterocycles. The minimum Gasteiger partial charge on any atom is -0.506 e. The molecule has 3 aliphatic heterocycles. The number of ketones is 2. The van der Waals surface area contributed by atoms with Crippen LogP contribution in [0.4, 0.5) is 0 Å². The second kappa shape index (κ2) is 19.5. The summed E-state index contributed by atoms with van der Waals surface area (Å²) in [6.07, 6.45) is 0.223. The highest BCUT2D eigenvalue weighted by molar-refractivity contribution is 14.1. The number of carbonyl (C=O) groups is 3. The van der Waals surface area contributed by atoms with Gasteiger partial charge in [-0.25, -0.2) is 0 Å². The van der Waals surface area contributed by atoms with Gasteiger partial charge in [0.15, 0.2) is 16.2 Å². The molecule has 3 fully saturated rings. The van der Waals surface area contributed by atoms with Crippen LogP contribution in [-0.2, 0) is 38.1 Å². The molecular formula is C43H66IN5O11. The van der Waals surface area contributed by atoms with Gasteiger partial charge in [0.1, 0.15) is 29.2 Å². The molecule has 3 aliphatic rings. The van der Waals surface area contributed by atoms with Crippen LogP contribution in [0.2, 0.25) is 0 Å². The first-order chi connectivity index (χ1) is 28.1. The van der Waals surface area contributed by atoms with Gasteiger partial charge in [-0.1, -0.05) is 20.8 Å². The van der Waals surface area contributed by atoms with Crippen LogP contribution >= 0.6 is 22.6 Å². The van der Waals surface area contributed by atoms with Crippen molar-refractivity contribution in [2.75, 3.05) is 48.1 Å². The summed E-state index contributed by atoms with van der Waals surface area (Å²) in [5.41, 5.74) is -0.762. The van der Waals surface area contributed by atoms with E-state index in [0.29, 0.717) is 36.1 Å². The number of cyclic esters (lactones) is 1. The molecule has 0 aliphatic carbocycles. The molecule has 0 aromatic carbocycles. The van der Waals surface area contributed by atoms with E-state index in [1.165, 1.54) is 27.3 Å². The Morgan fingerprint density at radius 1 is 1.03 bits per heavy atom. The van der Waals surface area contributed by atoms with Gasteiger partial charge >= 0.3 is 5.97 Å². The molecule has 0 spiro atoms. The third-order valence-electron chi connectivity index (χ3n) is 13.6. The molecule has 2 aromatic rings. The van der Waals surface area contributed by atoms with Crippen LogP contribution < -0.4 is 0 Å². The lowest BCUT2D eigenvalue weighted by molar-refractivity contribution is -0.295. The number of carbonyl (C=O) groups excluding carboxylic acids is 3. The van der Waals surface area contributed by atoms with Crippen LogP contribution in [0.5, 0.6) is 5.75 Å². The Morgan fingerprint density at radius 2 is 1.70 bits per heavy atom. The highest BCUT2D eigenvalue weighted by atomic mass is 127. The van der Waals surface area contributed by atoms with Gasteiger partial charge in [0.05, 0.1) is 47.8 Å². The molecule has 3 saturated heterocycles. The van der Waals surface area contributed by atoms with Crippen molar-refractivity contribution in [2.24, 2.45) is 23.7 Å². The summed E-state index contributed by atoms with van der Waals surface area (Å²) in [7, 11) is 6.71. The van der Waals surface area contributed by atoms with Gasteiger partial charge in [0.2, 0.25) is 0 Å². The van der Waals surface area contributed by atoms with Crippen LogP contribution in [0.1, 0.15) is 79.8 Å². The molecule has 0 radical (unpaired) electrons. The SMILES string of the molecule is CO[C@@]1(C)[C@@H](N(CO)C2CN(C(C)c3c(O)cnc4cccnc34)C2)[C@@H](C)C(=O)[C@H](C)C[C@@](C)(OC)[C@H](O[C@@H]2O[C@H](C)C[C@H](N(C)C)[C@H]2O)[C@@H](C)C(=O)[C@@H](C)C(=O)O[C@@H]1I. The van der Waals surface area contributed by atoms with Gasteiger partial charge in [-0.15, -0.1) is 0 Å². The Morgan fingerprint density at radius 3 is 2.30 bits per heavy atom. The quantitative estimate of drug-likeness (QED) is 0.103. The molecule has 0 saturated carbocycles. The number of hydrogen-bond acceptors (Lipinski definition) is 16. The van der Waals surface area contributed by atoms with Gasteiger partial charge in [-0.05, 0) is 96.3 Å². The Kier molecular flexibility index (Phi) is 15.8. The summed E-state index contributed by atoms with van der Waals surface area (Å²) >= 11 is 1.98. The smallest absolute Gasteiger partial charge is 0.317 e.